The molecule has 0 aromatic heterocycles. The van der Waals surface area contributed by atoms with Crippen molar-refractivity contribution >= 4 is 23.5 Å². The molecule has 29 heavy (non-hydrogen) atoms. The Hall–Kier alpha value is -3.05. The van der Waals surface area contributed by atoms with Crippen LogP contribution in [0.1, 0.15) is 49.9 Å². The van der Waals surface area contributed by atoms with Gasteiger partial charge in [0.15, 0.2) is 5.78 Å². The second-order valence-corrected chi connectivity index (χ2v) is 7.95. The number of phenolic OH excluding ortho intramolecular Hbond substituents is 1. The first-order chi connectivity index (χ1) is 13.8. The van der Waals surface area contributed by atoms with Crippen molar-refractivity contribution in [2.75, 3.05) is 0 Å². The largest absolute Gasteiger partial charge is 0.507 e. The van der Waals surface area contributed by atoms with Crippen LogP contribution in [-0.2, 0) is 12.2 Å². The fraction of sp³-hybridized carbons (Fsp3) is 0.167. The van der Waals surface area contributed by atoms with Crippen LogP contribution >= 0.6 is 11.8 Å². The lowest BCUT2D eigenvalue weighted by atomic mass is 10.0. The number of carboxylic acid groups (broad SMARTS) is 1. The molecule has 0 aliphatic heterocycles. The van der Waals surface area contributed by atoms with E-state index < -0.39 is 5.97 Å². The minimum absolute atomic E-state index is 0.0505. The van der Waals surface area contributed by atoms with E-state index in [9.17, 15) is 14.7 Å². The van der Waals surface area contributed by atoms with E-state index in [1.165, 1.54) is 6.92 Å². The van der Waals surface area contributed by atoms with Crippen LogP contribution in [0.15, 0.2) is 65.6 Å². The van der Waals surface area contributed by atoms with Crippen LogP contribution in [0.5, 0.6) is 5.75 Å². The number of hydrogen-bond acceptors (Lipinski definition) is 4. The van der Waals surface area contributed by atoms with Crippen LogP contribution in [0, 0.1) is 6.92 Å². The van der Waals surface area contributed by atoms with Crippen LogP contribution in [0.4, 0.5) is 0 Å². The molecule has 0 saturated heterocycles. The van der Waals surface area contributed by atoms with Crippen molar-refractivity contribution in [2.45, 2.75) is 30.9 Å². The van der Waals surface area contributed by atoms with Crippen molar-refractivity contribution in [1.29, 1.82) is 0 Å². The van der Waals surface area contributed by atoms with Crippen molar-refractivity contribution in [3.63, 3.8) is 0 Å². The molecule has 0 unspecified atom stereocenters. The van der Waals surface area contributed by atoms with Gasteiger partial charge in [0.25, 0.3) is 0 Å². The molecule has 0 bridgehead atoms. The third-order valence-electron chi connectivity index (χ3n) is 4.73. The Labute approximate surface area is 174 Å². The molecule has 3 aromatic carbocycles. The summed E-state index contributed by atoms with van der Waals surface area (Å²) in [5.74, 6) is -0.300. The number of carbonyl (C=O) groups excluding carboxylic acids is 1. The Morgan fingerprint density at radius 3 is 2.28 bits per heavy atom. The molecule has 0 aliphatic carbocycles. The van der Waals surface area contributed by atoms with E-state index in [2.05, 4.69) is 6.07 Å². The van der Waals surface area contributed by atoms with Crippen molar-refractivity contribution in [3.05, 3.63) is 94.0 Å². The van der Waals surface area contributed by atoms with E-state index in [1.807, 2.05) is 37.3 Å². The highest BCUT2D eigenvalue weighted by Gasteiger charge is 2.12. The number of hydrogen-bond donors (Lipinski definition) is 2. The van der Waals surface area contributed by atoms with Gasteiger partial charge in [0.05, 0.1) is 11.1 Å². The number of carboxylic acids is 1. The predicted molar refractivity (Wildman–Crippen MR) is 115 cm³/mol. The van der Waals surface area contributed by atoms with E-state index in [0.29, 0.717) is 23.1 Å². The van der Waals surface area contributed by atoms with Crippen molar-refractivity contribution in [3.8, 4) is 5.75 Å². The number of aromatic hydroxyl groups is 1. The summed E-state index contributed by atoms with van der Waals surface area (Å²) >= 11 is 1.61. The van der Waals surface area contributed by atoms with Gasteiger partial charge >= 0.3 is 5.97 Å². The normalized spacial score (nSPS) is 10.7. The highest BCUT2D eigenvalue weighted by atomic mass is 32.2. The first-order valence-corrected chi connectivity index (χ1v) is 10.2. The second kappa shape index (κ2) is 8.97. The summed E-state index contributed by atoms with van der Waals surface area (Å²) in [5, 5.41) is 19.4. The van der Waals surface area contributed by atoms with Gasteiger partial charge in [-0.05, 0) is 61.2 Å². The second-order valence-electron chi connectivity index (χ2n) is 6.93. The number of carbonyl (C=O) groups is 2. The van der Waals surface area contributed by atoms with E-state index in [0.717, 1.165) is 27.3 Å². The molecule has 3 rings (SSSR count). The summed E-state index contributed by atoms with van der Waals surface area (Å²) in [5.41, 5.74) is 4.55. The SMILES string of the molecule is CC(=O)c1ccc(SCc2cccc(Cc3cccc(C(=O)O)c3)c2)c(C)c1O. The fourth-order valence-corrected chi connectivity index (χ4v) is 4.14. The minimum atomic E-state index is -0.925. The summed E-state index contributed by atoms with van der Waals surface area (Å²) in [7, 11) is 0. The Bertz CT molecular complexity index is 1070. The first kappa shape index (κ1) is 20.7. The van der Waals surface area contributed by atoms with Gasteiger partial charge in [0.1, 0.15) is 5.75 Å². The quantitative estimate of drug-likeness (QED) is 0.401. The summed E-state index contributed by atoms with van der Waals surface area (Å²) in [4.78, 5) is 23.6. The molecule has 0 saturated carbocycles. The van der Waals surface area contributed by atoms with Crippen molar-refractivity contribution in [2.24, 2.45) is 0 Å². The third kappa shape index (κ3) is 5.06. The molecule has 0 heterocycles. The number of aromatic carboxylic acids is 1. The Morgan fingerprint density at radius 2 is 1.59 bits per heavy atom. The summed E-state index contributed by atoms with van der Waals surface area (Å²) in [6.45, 7) is 3.26. The fourth-order valence-electron chi connectivity index (χ4n) is 3.16. The lowest BCUT2D eigenvalue weighted by Gasteiger charge is -2.11. The van der Waals surface area contributed by atoms with Crippen LogP contribution in [0.25, 0.3) is 0 Å². The topological polar surface area (TPSA) is 74.6 Å². The average Bonchev–Trinajstić information content (AvgIpc) is 2.69. The predicted octanol–water partition coefficient (Wildman–Crippen LogP) is 5.48. The zero-order chi connectivity index (χ0) is 21.0. The minimum Gasteiger partial charge on any atom is -0.507 e. The third-order valence-corrected chi connectivity index (χ3v) is 5.96. The Kier molecular flexibility index (Phi) is 6.39. The summed E-state index contributed by atoms with van der Waals surface area (Å²) in [6.07, 6.45) is 0.659. The Morgan fingerprint density at radius 1 is 0.931 bits per heavy atom. The molecule has 0 fully saturated rings. The number of rotatable bonds is 7. The zero-order valence-electron chi connectivity index (χ0n) is 16.3. The molecular weight excluding hydrogens is 384 g/mol. The standard InChI is InChI=1S/C24H22O4S/c1-15-22(10-9-21(16(2)25)23(15)26)29-14-19-7-3-5-17(12-19)11-18-6-4-8-20(13-18)24(27)28/h3-10,12-13,26H,11,14H2,1-2H3,(H,27,28). The lowest BCUT2D eigenvalue weighted by Crippen LogP contribution is -1.98. The molecule has 5 heteroatoms. The highest BCUT2D eigenvalue weighted by Crippen LogP contribution is 2.33. The number of ketones is 1. The lowest BCUT2D eigenvalue weighted by molar-refractivity contribution is 0.0696. The van der Waals surface area contributed by atoms with Gasteiger partial charge in [-0.25, -0.2) is 4.79 Å². The molecule has 2 N–H and O–H groups in total. The molecule has 0 radical (unpaired) electrons. The van der Waals surface area contributed by atoms with Crippen molar-refractivity contribution < 1.29 is 19.8 Å². The van der Waals surface area contributed by atoms with Gasteiger partial charge < -0.3 is 10.2 Å². The van der Waals surface area contributed by atoms with Gasteiger partial charge in [-0.3, -0.25) is 4.79 Å². The van der Waals surface area contributed by atoms with Gasteiger partial charge in [-0.1, -0.05) is 36.4 Å². The number of benzene rings is 3. The maximum Gasteiger partial charge on any atom is 0.335 e. The number of phenols is 1. The van der Waals surface area contributed by atoms with Gasteiger partial charge in [-0.15, -0.1) is 11.8 Å². The maximum atomic E-state index is 11.6. The molecule has 0 spiro atoms. The molecule has 3 aromatic rings. The van der Waals surface area contributed by atoms with Gasteiger partial charge in [0.2, 0.25) is 0 Å². The maximum absolute atomic E-state index is 11.6. The van der Waals surface area contributed by atoms with Gasteiger partial charge in [-0.2, -0.15) is 0 Å². The highest BCUT2D eigenvalue weighted by molar-refractivity contribution is 7.98. The number of thioether (sulfide) groups is 1. The summed E-state index contributed by atoms with van der Waals surface area (Å²) in [6, 6.07) is 18.7. The van der Waals surface area contributed by atoms with Crippen LogP contribution in [0.2, 0.25) is 0 Å². The Balaban J connectivity index is 1.72. The van der Waals surface area contributed by atoms with Gasteiger partial charge in [0, 0.05) is 16.2 Å². The molecule has 0 atom stereocenters. The average molecular weight is 407 g/mol. The van der Waals surface area contributed by atoms with Crippen LogP contribution < -0.4 is 0 Å². The molecule has 148 valence electrons. The smallest absolute Gasteiger partial charge is 0.335 e. The van der Waals surface area contributed by atoms with E-state index in [1.54, 1.807) is 36.0 Å². The van der Waals surface area contributed by atoms with E-state index in [-0.39, 0.29) is 11.5 Å². The van der Waals surface area contributed by atoms with Crippen molar-refractivity contribution in [1.82, 2.24) is 0 Å². The zero-order valence-corrected chi connectivity index (χ0v) is 17.1. The van der Waals surface area contributed by atoms with E-state index in [4.69, 9.17) is 5.11 Å². The first-order valence-electron chi connectivity index (χ1n) is 9.21. The summed E-state index contributed by atoms with van der Waals surface area (Å²) < 4.78 is 0. The number of Topliss-reactive ketones (excluding diaryl/α,β-unsaturated/α-hetero) is 1. The van der Waals surface area contributed by atoms with Crippen LogP contribution in [-0.4, -0.2) is 22.0 Å². The molecule has 0 aliphatic rings. The van der Waals surface area contributed by atoms with E-state index >= 15 is 0 Å². The molecule has 4 nitrogen and oxygen atoms in total. The monoisotopic (exact) mass is 406 g/mol. The van der Waals surface area contributed by atoms with Crippen LogP contribution in [0.3, 0.4) is 0 Å². The molecule has 0 amide bonds. The molecular formula is C24H22O4S.